The fourth-order valence-electron chi connectivity index (χ4n) is 6.04. The van der Waals surface area contributed by atoms with Gasteiger partial charge in [0.1, 0.15) is 5.84 Å². The lowest BCUT2D eigenvalue weighted by atomic mass is 9.89. The van der Waals surface area contributed by atoms with E-state index in [9.17, 15) is 9.59 Å². The Bertz CT molecular complexity index is 633. The minimum Gasteiger partial charge on any atom is -0.340 e. The summed E-state index contributed by atoms with van der Waals surface area (Å²) in [6, 6.07) is 0.854. The van der Waals surface area contributed by atoms with Gasteiger partial charge in [0.15, 0.2) is 0 Å². The Morgan fingerprint density at radius 1 is 0.839 bits per heavy atom. The molecule has 2 amide bonds. The van der Waals surface area contributed by atoms with E-state index in [1.54, 1.807) is 0 Å². The number of amides is 2. The summed E-state index contributed by atoms with van der Waals surface area (Å²) in [5.74, 6) is 1.14. The molecule has 1 saturated heterocycles. The van der Waals surface area contributed by atoms with Crippen molar-refractivity contribution in [3.63, 3.8) is 0 Å². The second-order valence-corrected chi connectivity index (χ2v) is 10.1. The standard InChI is InChI=1S/C25H42N4O2/c30-24(29-18-16-28(17-19-29)20-10-6-4-5-7-11-20)15-14-23-26-22-13-9-3-1-2-8-12-21(22)25(31)27-23/h20-22H,1-19H2,(H,26,27,31). The fraction of sp³-hybridized carbons (Fsp3) is 0.880. The second-order valence-electron chi connectivity index (χ2n) is 10.1. The molecule has 2 unspecified atom stereocenters. The van der Waals surface area contributed by atoms with Gasteiger partial charge in [0, 0.05) is 45.1 Å². The third-order valence-electron chi connectivity index (χ3n) is 7.99. The maximum Gasteiger partial charge on any atom is 0.230 e. The van der Waals surface area contributed by atoms with Gasteiger partial charge in [-0.2, -0.15) is 0 Å². The summed E-state index contributed by atoms with van der Waals surface area (Å²) in [6.45, 7) is 3.72. The summed E-state index contributed by atoms with van der Waals surface area (Å²) in [6.07, 6.45) is 17.2. The van der Waals surface area contributed by atoms with Gasteiger partial charge in [0.25, 0.3) is 0 Å². The van der Waals surface area contributed by atoms with Gasteiger partial charge in [-0.05, 0) is 25.7 Å². The van der Waals surface area contributed by atoms with Crippen LogP contribution in [0.4, 0.5) is 0 Å². The van der Waals surface area contributed by atoms with E-state index in [-0.39, 0.29) is 23.8 Å². The van der Waals surface area contributed by atoms with Gasteiger partial charge >= 0.3 is 0 Å². The zero-order valence-corrected chi connectivity index (χ0v) is 19.3. The molecule has 2 heterocycles. The summed E-state index contributed by atoms with van der Waals surface area (Å²) in [5.41, 5.74) is 0. The lowest BCUT2D eigenvalue weighted by Gasteiger charge is -2.39. The van der Waals surface area contributed by atoms with Crippen LogP contribution in [0.15, 0.2) is 4.99 Å². The number of nitrogens with one attached hydrogen (secondary N) is 1. The molecule has 2 atom stereocenters. The van der Waals surface area contributed by atoms with Gasteiger partial charge in [-0.1, -0.05) is 57.8 Å². The number of nitrogens with zero attached hydrogens (tertiary/aromatic N) is 3. The summed E-state index contributed by atoms with van der Waals surface area (Å²) in [5, 5.41) is 3.03. The molecule has 0 radical (unpaired) electrons. The molecule has 0 aromatic carbocycles. The lowest BCUT2D eigenvalue weighted by Crippen LogP contribution is -2.52. The minimum atomic E-state index is 0.0367. The van der Waals surface area contributed by atoms with Crippen LogP contribution >= 0.6 is 0 Å². The molecular formula is C25H42N4O2. The number of rotatable bonds is 4. The first-order chi connectivity index (χ1) is 15.2. The average Bonchev–Trinajstić information content (AvgIpc) is 3.00. The van der Waals surface area contributed by atoms with Crippen molar-refractivity contribution in [2.75, 3.05) is 26.2 Å². The van der Waals surface area contributed by atoms with Gasteiger partial charge in [-0.3, -0.25) is 19.5 Å². The topological polar surface area (TPSA) is 65.0 Å². The van der Waals surface area contributed by atoms with E-state index in [0.29, 0.717) is 12.8 Å². The monoisotopic (exact) mass is 430 g/mol. The number of fused-ring (bicyclic) bond motifs is 1. The van der Waals surface area contributed by atoms with E-state index >= 15 is 0 Å². The van der Waals surface area contributed by atoms with E-state index in [1.807, 2.05) is 4.90 Å². The molecule has 6 heteroatoms. The van der Waals surface area contributed by atoms with E-state index in [2.05, 4.69) is 10.2 Å². The van der Waals surface area contributed by atoms with Crippen LogP contribution in [0, 0.1) is 5.92 Å². The Labute approximate surface area is 188 Å². The minimum absolute atomic E-state index is 0.0367. The number of hydrogen-bond donors (Lipinski definition) is 1. The van der Waals surface area contributed by atoms with Crippen LogP contribution in [-0.2, 0) is 9.59 Å². The molecule has 0 spiro atoms. The number of hydrogen-bond acceptors (Lipinski definition) is 4. The zero-order chi connectivity index (χ0) is 21.5. The largest absolute Gasteiger partial charge is 0.340 e. The molecule has 0 bridgehead atoms. The van der Waals surface area contributed by atoms with Gasteiger partial charge in [0.05, 0.1) is 12.0 Å². The maximum atomic E-state index is 12.8. The van der Waals surface area contributed by atoms with Crippen molar-refractivity contribution in [2.24, 2.45) is 10.9 Å². The highest BCUT2D eigenvalue weighted by atomic mass is 16.2. The molecule has 4 aliphatic rings. The number of carbonyl (C=O) groups excluding carboxylic acids is 2. The zero-order valence-electron chi connectivity index (χ0n) is 19.3. The predicted octanol–water partition coefficient (Wildman–Crippen LogP) is 3.89. The molecule has 3 fully saturated rings. The second kappa shape index (κ2) is 11.4. The third-order valence-corrected chi connectivity index (χ3v) is 7.99. The maximum absolute atomic E-state index is 12.8. The first kappa shape index (κ1) is 22.8. The predicted molar refractivity (Wildman–Crippen MR) is 124 cm³/mol. The molecule has 174 valence electrons. The smallest absolute Gasteiger partial charge is 0.230 e. The van der Waals surface area contributed by atoms with Crippen LogP contribution in [0.1, 0.15) is 96.3 Å². The van der Waals surface area contributed by atoms with Gasteiger partial charge in [0.2, 0.25) is 11.8 Å². The molecule has 2 saturated carbocycles. The van der Waals surface area contributed by atoms with Crippen molar-refractivity contribution in [2.45, 2.75) is 108 Å². The van der Waals surface area contributed by atoms with Crippen molar-refractivity contribution in [3.8, 4) is 0 Å². The Kier molecular flexibility index (Phi) is 8.40. The molecule has 31 heavy (non-hydrogen) atoms. The number of amidine groups is 1. The quantitative estimate of drug-likeness (QED) is 0.688. The van der Waals surface area contributed by atoms with E-state index < -0.39 is 0 Å². The molecule has 6 nitrogen and oxygen atoms in total. The summed E-state index contributed by atoms with van der Waals surface area (Å²) in [4.78, 5) is 35.1. The van der Waals surface area contributed by atoms with Crippen LogP contribution in [0.25, 0.3) is 0 Å². The molecule has 0 aromatic heterocycles. The fourth-order valence-corrected chi connectivity index (χ4v) is 6.04. The van der Waals surface area contributed by atoms with Crippen molar-refractivity contribution < 1.29 is 9.59 Å². The van der Waals surface area contributed by atoms with Crippen LogP contribution in [0.3, 0.4) is 0 Å². The number of carbonyl (C=O) groups is 2. The highest BCUT2D eigenvalue weighted by Crippen LogP contribution is 2.27. The first-order valence-corrected chi connectivity index (χ1v) is 13.1. The molecule has 1 N–H and O–H groups in total. The average molecular weight is 431 g/mol. The normalized spacial score (nSPS) is 29.6. The highest BCUT2D eigenvalue weighted by Gasteiger charge is 2.33. The molecular weight excluding hydrogens is 388 g/mol. The summed E-state index contributed by atoms with van der Waals surface area (Å²) in [7, 11) is 0. The molecule has 0 aromatic rings. The van der Waals surface area contributed by atoms with Gasteiger partial charge in [-0.15, -0.1) is 0 Å². The van der Waals surface area contributed by atoms with E-state index in [0.717, 1.165) is 63.7 Å². The van der Waals surface area contributed by atoms with Gasteiger partial charge < -0.3 is 10.2 Å². The Hall–Kier alpha value is -1.43. The van der Waals surface area contributed by atoms with Crippen molar-refractivity contribution >= 4 is 17.6 Å². The van der Waals surface area contributed by atoms with E-state index in [4.69, 9.17) is 4.99 Å². The molecule has 2 aliphatic heterocycles. The Balaban J connectivity index is 1.24. The van der Waals surface area contributed by atoms with Crippen molar-refractivity contribution in [1.29, 1.82) is 0 Å². The first-order valence-electron chi connectivity index (χ1n) is 13.1. The van der Waals surface area contributed by atoms with Crippen molar-refractivity contribution in [1.82, 2.24) is 15.1 Å². The SMILES string of the molecule is O=C1NC(CCC(=O)N2CCN(C3CCCCCC3)CC2)=NC2CCCCCCCC12. The van der Waals surface area contributed by atoms with E-state index in [1.165, 1.54) is 57.8 Å². The van der Waals surface area contributed by atoms with Crippen LogP contribution in [0.5, 0.6) is 0 Å². The van der Waals surface area contributed by atoms with Crippen LogP contribution in [0.2, 0.25) is 0 Å². The Morgan fingerprint density at radius 2 is 1.45 bits per heavy atom. The van der Waals surface area contributed by atoms with Crippen LogP contribution < -0.4 is 5.32 Å². The highest BCUT2D eigenvalue weighted by molar-refractivity contribution is 6.02. The third kappa shape index (κ3) is 6.30. The lowest BCUT2D eigenvalue weighted by molar-refractivity contribution is -0.133. The molecule has 4 rings (SSSR count). The van der Waals surface area contributed by atoms with Crippen molar-refractivity contribution in [3.05, 3.63) is 0 Å². The number of aliphatic imine (C=N–C) groups is 1. The number of piperazine rings is 1. The summed E-state index contributed by atoms with van der Waals surface area (Å²) < 4.78 is 0. The Morgan fingerprint density at radius 3 is 2.16 bits per heavy atom. The molecule has 2 aliphatic carbocycles. The van der Waals surface area contributed by atoms with Gasteiger partial charge in [-0.25, -0.2) is 0 Å². The van der Waals surface area contributed by atoms with Crippen LogP contribution in [-0.4, -0.2) is 65.7 Å². The summed E-state index contributed by atoms with van der Waals surface area (Å²) >= 11 is 0.